The lowest BCUT2D eigenvalue weighted by molar-refractivity contribution is 0.252. The number of aromatic nitrogens is 3. The Labute approximate surface area is 164 Å². The van der Waals surface area contributed by atoms with Gasteiger partial charge >= 0.3 is 0 Å². The average molecular weight is 399 g/mol. The van der Waals surface area contributed by atoms with E-state index in [1.807, 2.05) is 55.6 Å². The second-order valence-corrected chi connectivity index (χ2v) is 7.73. The van der Waals surface area contributed by atoms with Crippen molar-refractivity contribution >= 4 is 23.1 Å². The molecular formula is C19H17N3O3S2. The van der Waals surface area contributed by atoms with E-state index in [9.17, 15) is 0 Å². The summed E-state index contributed by atoms with van der Waals surface area (Å²) in [6.07, 6.45) is 0. The number of aryl methyl sites for hydroxylation is 2. The van der Waals surface area contributed by atoms with Gasteiger partial charge in [-0.3, -0.25) is 0 Å². The van der Waals surface area contributed by atoms with Crippen LogP contribution in [-0.4, -0.2) is 15.2 Å². The molecule has 0 saturated carbocycles. The van der Waals surface area contributed by atoms with Crippen molar-refractivity contribution in [2.75, 3.05) is 0 Å². The molecule has 3 aromatic heterocycles. The summed E-state index contributed by atoms with van der Waals surface area (Å²) < 4.78 is 17.1. The molecule has 0 aliphatic rings. The number of benzene rings is 1. The summed E-state index contributed by atoms with van der Waals surface area (Å²) in [6.45, 7) is 4.17. The van der Waals surface area contributed by atoms with Gasteiger partial charge in [-0.1, -0.05) is 30.0 Å². The summed E-state index contributed by atoms with van der Waals surface area (Å²) in [5.41, 5.74) is 2.01. The van der Waals surface area contributed by atoms with Crippen molar-refractivity contribution in [2.45, 2.75) is 31.4 Å². The molecule has 0 radical (unpaired) electrons. The normalized spacial score (nSPS) is 11.0. The number of ether oxygens (including phenoxy) is 1. The van der Waals surface area contributed by atoms with E-state index in [2.05, 4.69) is 15.2 Å². The van der Waals surface area contributed by atoms with Crippen molar-refractivity contribution in [3.8, 4) is 16.5 Å². The van der Waals surface area contributed by atoms with Crippen LogP contribution in [0.25, 0.3) is 10.8 Å². The zero-order valence-corrected chi connectivity index (χ0v) is 16.5. The maximum Gasteiger partial charge on any atom is 0.277 e. The molecule has 0 unspecified atom stereocenters. The summed E-state index contributed by atoms with van der Waals surface area (Å²) in [5.74, 6) is 3.27. The third-order valence-electron chi connectivity index (χ3n) is 3.76. The fourth-order valence-electron chi connectivity index (χ4n) is 2.40. The molecule has 3 heterocycles. The molecule has 138 valence electrons. The Morgan fingerprint density at radius 3 is 2.85 bits per heavy atom. The summed E-state index contributed by atoms with van der Waals surface area (Å²) in [7, 11) is 0. The molecule has 0 aliphatic heterocycles. The smallest absolute Gasteiger partial charge is 0.277 e. The SMILES string of the molecule is Cc1cccc(OCc2nnc(SCc3nc(-c4cccs4)oc3C)o2)c1. The summed E-state index contributed by atoms with van der Waals surface area (Å²) in [4.78, 5) is 5.58. The molecule has 4 aromatic rings. The lowest BCUT2D eigenvalue weighted by Crippen LogP contribution is -1.95. The largest absolute Gasteiger partial charge is 0.484 e. The minimum atomic E-state index is 0.239. The van der Waals surface area contributed by atoms with Gasteiger partial charge in [0, 0.05) is 5.75 Å². The first-order valence-corrected chi connectivity index (χ1v) is 10.2. The Bertz CT molecular complexity index is 1020. The van der Waals surface area contributed by atoms with Crippen molar-refractivity contribution < 1.29 is 13.6 Å². The topological polar surface area (TPSA) is 74.2 Å². The molecule has 0 fully saturated rings. The molecule has 0 N–H and O–H groups in total. The molecular weight excluding hydrogens is 382 g/mol. The average Bonchev–Trinajstić information content (AvgIpc) is 3.40. The van der Waals surface area contributed by atoms with Crippen LogP contribution in [0.1, 0.15) is 22.9 Å². The van der Waals surface area contributed by atoms with Gasteiger partial charge in [-0.15, -0.1) is 21.5 Å². The monoisotopic (exact) mass is 399 g/mol. The molecule has 0 aliphatic carbocycles. The van der Waals surface area contributed by atoms with Crippen LogP contribution in [0.2, 0.25) is 0 Å². The summed E-state index contributed by atoms with van der Waals surface area (Å²) >= 11 is 3.03. The van der Waals surface area contributed by atoms with Crippen LogP contribution in [0, 0.1) is 13.8 Å². The predicted molar refractivity (Wildman–Crippen MR) is 104 cm³/mol. The second-order valence-electron chi connectivity index (χ2n) is 5.85. The van der Waals surface area contributed by atoms with Crippen LogP contribution in [0.15, 0.2) is 55.8 Å². The van der Waals surface area contributed by atoms with E-state index < -0.39 is 0 Å². The molecule has 0 saturated heterocycles. The molecule has 6 nitrogen and oxygen atoms in total. The molecule has 1 aromatic carbocycles. The van der Waals surface area contributed by atoms with Gasteiger partial charge in [0.2, 0.25) is 5.89 Å². The maximum atomic E-state index is 5.75. The highest BCUT2D eigenvalue weighted by Gasteiger charge is 2.14. The number of nitrogens with zero attached hydrogens (tertiary/aromatic N) is 3. The quantitative estimate of drug-likeness (QED) is 0.392. The van der Waals surface area contributed by atoms with Gasteiger partial charge in [0.1, 0.15) is 11.5 Å². The molecule has 0 bridgehead atoms. The number of hydrogen-bond donors (Lipinski definition) is 0. The maximum absolute atomic E-state index is 5.75. The Morgan fingerprint density at radius 2 is 2.04 bits per heavy atom. The van der Waals surface area contributed by atoms with Crippen molar-refractivity contribution in [3.63, 3.8) is 0 Å². The minimum Gasteiger partial charge on any atom is -0.484 e. The Balaban J connectivity index is 1.34. The lowest BCUT2D eigenvalue weighted by Gasteiger charge is -2.03. The third-order valence-corrected chi connectivity index (χ3v) is 5.44. The second kappa shape index (κ2) is 7.98. The van der Waals surface area contributed by atoms with Crippen molar-refractivity contribution in [1.29, 1.82) is 0 Å². The van der Waals surface area contributed by atoms with Crippen LogP contribution in [0.5, 0.6) is 5.75 Å². The number of thioether (sulfide) groups is 1. The fourth-order valence-corrected chi connectivity index (χ4v) is 3.83. The number of thiophene rings is 1. The fraction of sp³-hybridized carbons (Fsp3) is 0.211. The van der Waals surface area contributed by atoms with Crippen molar-refractivity contribution in [3.05, 3.63) is 64.7 Å². The van der Waals surface area contributed by atoms with E-state index in [1.165, 1.54) is 11.8 Å². The van der Waals surface area contributed by atoms with Gasteiger partial charge in [-0.05, 0) is 43.0 Å². The zero-order valence-electron chi connectivity index (χ0n) is 14.8. The number of rotatable bonds is 7. The van der Waals surface area contributed by atoms with Gasteiger partial charge in [-0.2, -0.15) is 0 Å². The van der Waals surface area contributed by atoms with Crippen LogP contribution >= 0.6 is 23.1 Å². The van der Waals surface area contributed by atoms with E-state index in [4.69, 9.17) is 13.6 Å². The standard InChI is InChI=1S/C19H17N3O3S2/c1-12-5-3-6-14(9-12)23-10-17-21-22-19(25-17)27-11-15-13(2)24-18(20-15)16-7-4-8-26-16/h3-9H,10-11H2,1-2H3. The zero-order chi connectivity index (χ0) is 18.6. The van der Waals surface area contributed by atoms with Gasteiger partial charge in [-0.25, -0.2) is 4.98 Å². The summed E-state index contributed by atoms with van der Waals surface area (Å²) in [6, 6.07) is 11.8. The molecule has 0 atom stereocenters. The van der Waals surface area contributed by atoms with Crippen molar-refractivity contribution in [1.82, 2.24) is 15.2 Å². The Hall–Kier alpha value is -2.58. The van der Waals surface area contributed by atoms with Crippen LogP contribution in [0.4, 0.5) is 0 Å². The third kappa shape index (κ3) is 4.40. The molecule has 0 amide bonds. The van der Waals surface area contributed by atoms with Gasteiger partial charge in [0.05, 0.1) is 10.6 Å². The lowest BCUT2D eigenvalue weighted by atomic mass is 10.2. The Kier molecular flexibility index (Phi) is 5.26. The predicted octanol–water partition coefficient (Wildman–Crippen LogP) is 5.27. The van der Waals surface area contributed by atoms with Gasteiger partial charge in [0.25, 0.3) is 11.1 Å². The first-order chi connectivity index (χ1) is 13.2. The molecule has 0 spiro atoms. The Morgan fingerprint density at radius 1 is 1.11 bits per heavy atom. The molecule has 4 rings (SSSR count). The van der Waals surface area contributed by atoms with E-state index in [0.29, 0.717) is 22.8 Å². The highest BCUT2D eigenvalue weighted by molar-refractivity contribution is 7.98. The highest BCUT2D eigenvalue weighted by atomic mass is 32.2. The number of oxazole rings is 1. The first-order valence-electron chi connectivity index (χ1n) is 8.32. The van der Waals surface area contributed by atoms with E-state index in [-0.39, 0.29) is 6.61 Å². The first kappa shape index (κ1) is 17.8. The molecule has 27 heavy (non-hydrogen) atoms. The minimum absolute atomic E-state index is 0.239. The summed E-state index contributed by atoms with van der Waals surface area (Å²) in [5, 5.41) is 10.6. The van der Waals surface area contributed by atoms with E-state index >= 15 is 0 Å². The van der Waals surface area contributed by atoms with Crippen LogP contribution in [0.3, 0.4) is 0 Å². The van der Waals surface area contributed by atoms with Crippen LogP contribution in [-0.2, 0) is 12.4 Å². The van der Waals surface area contributed by atoms with Gasteiger partial charge in [0.15, 0.2) is 6.61 Å². The number of hydrogen-bond acceptors (Lipinski definition) is 8. The van der Waals surface area contributed by atoms with Gasteiger partial charge < -0.3 is 13.6 Å². The van der Waals surface area contributed by atoms with E-state index in [1.54, 1.807) is 11.3 Å². The highest BCUT2D eigenvalue weighted by Crippen LogP contribution is 2.29. The van der Waals surface area contributed by atoms with E-state index in [0.717, 1.165) is 27.6 Å². The van der Waals surface area contributed by atoms with Crippen molar-refractivity contribution in [2.24, 2.45) is 0 Å². The molecule has 8 heteroatoms. The van der Waals surface area contributed by atoms with Crippen LogP contribution < -0.4 is 4.74 Å².